The molecule has 0 aliphatic carbocycles. The van der Waals surface area contributed by atoms with Crippen LogP contribution in [0.2, 0.25) is 0 Å². The van der Waals surface area contributed by atoms with Gasteiger partial charge in [-0.15, -0.1) is 0 Å². The third-order valence-electron chi connectivity index (χ3n) is 2.80. The molecule has 2 rings (SSSR count). The molecule has 0 fully saturated rings. The smallest absolute Gasteiger partial charge is 0.337 e. The Labute approximate surface area is 129 Å². The molecule has 0 unspecified atom stereocenters. The standard InChI is InChI=1S/C15H13BrFNO3/c1-20-15(19)10-4-2-9(3-5-10)8-21-14-12(16)6-11(17)7-13(14)18/h2-7H,8,18H2,1H3. The highest BCUT2D eigenvalue weighted by Crippen LogP contribution is 2.32. The maximum absolute atomic E-state index is 13.1. The van der Waals surface area contributed by atoms with Gasteiger partial charge in [0.15, 0.2) is 5.75 Å². The van der Waals surface area contributed by atoms with Crippen LogP contribution in [0.5, 0.6) is 5.75 Å². The average Bonchev–Trinajstić information content (AvgIpc) is 2.46. The van der Waals surface area contributed by atoms with E-state index < -0.39 is 11.8 Å². The van der Waals surface area contributed by atoms with E-state index in [2.05, 4.69) is 20.7 Å². The number of hydrogen-bond acceptors (Lipinski definition) is 4. The molecule has 110 valence electrons. The van der Waals surface area contributed by atoms with Crippen molar-refractivity contribution in [2.45, 2.75) is 6.61 Å². The van der Waals surface area contributed by atoms with E-state index in [-0.39, 0.29) is 12.3 Å². The average molecular weight is 354 g/mol. The lowest BCUT2D eigenvalue weighted by Crippen LogP contribution is -2.03. The highest BCUT2D eigenvalue weighted by atomic mass is 79.9. The second kappa shape index (κ2) is 6.58. The normalized spacial score (nSPS) is 10.2. The van der Waals surface area contributed by atoms with Gasteiger partial charge < -0.3 is 15.2 Å². The van der Waals surface area contributed by atoms with Crippen LogP contribution in [-0.2, 0) is 11.3 Å². The fourth-order valence-corrected chi connectivity index (χ4v) is 2.31. The maximum Gasteiger partial charge on any atom is 0.337 e. The van der Waals surface area contributed by atoms with Crippen LogP contribution in [0, 0.1) is 5.82 Å². The summed E-state index contributed by atoms with van der Waals surface area (Å²) in [6.45, 7) is 0.246. The summed E-state index contributed by atoms with van der Waals surface area (Å²) in [5, 5.41) is 0. The van der Waals surface area contributed by atoms with Crippen LogP contribution in [0.25, 0.3) is 0 Å². The Hall–Kier alpha value is -2.08. The molecular formula is C15H13BrFNO3. The predicted molar refractivity (Wildman–Crippen MR) is 80.6 cm³/mol. The Balaban J connectivity index is 2.08. The van der Waals surface area contributed by atoms with Crippen molar-refractivity contribution in [1.82, 2.24) is 0 Å². The summed E-state index contributed by atoms with van der Waals surface area (Å²) >= 11 is 3.21. The first-order valence-corrected chi connectivity index (χ1v) is 6.85. The number of methoxy groups -OCH3 is 1. The van der Waals surface area contributed by atoms with Gasteiger partial charge in [0, 0.05) is 6.07 Å². The third-order valence-corrected chi connectivity index (χ3v) is 3.38. The van der Waals surface area contributed by atoms with Crippen molar-refractivity contribution in [3.05, 3.63) is 57.8 Å². The van der Waals surface area contributed by atoms with Gasteiger partial charge in [-0.25, -0.2) is 9.18 Å². The van der Waals surface area contributed by atoms with E-state index in [1.54, 1.807) is 24.3 Å². The minimum Gasteiger partial charge on any atom is -0.486 e. The molecule has 6 heteroatoms. The van der Waals surface area contributed by atoms with Gasteiger partial charge in [0.1, 0.15) is 12.4 Å². The minimum atomic E-state index is -0.436. The molecule has 21 heavy (non-hydrogen) atoms. The highest BCUT2D eigenvalue weighted by molar-refractivity contribution is 9.10. The van der Waals surface area contributed by atoms with Gasteiger partial charge >= 0.3 is 5.97 Å². The van der Waals surface area contributed by atoms with E-state index in [1.165, 1.54) is 19.2 Å². The topological polar surface area (TPSA) is 61.5 Å². The van der Waals surface area contributed by atoms with Crippen molar-refractivity contribution >= 4 is 27.6 Å². The summed E-state index contributed by atoms with van der Waals surface area (Å²) in [4.78, 5) is 11.3. The van der Waals surface area contributed by atoms with Crippen molar-refractivity contribution in [3.8, 4) is 5.75 Å². The number of ether oxygens (including phenoxy) is 2. The van der Waals surface area contributed by atoms with Crippen LogP contribution < -0.4 is 10.5 Å². The first-order chi connectivity index (χ1) is 10.0. The zero-order chi connectivity index (χ0) is 15.4. The minimum absolute atomic E-state index is 0.216. The van der Waals surface area contributed by atoms with Gasteiger partial charge in [0.05, 0.1) is 22.8 Å². The molecule has 0 radical (unpaired) electrons. The SMILES string of the molecule is COC(=O)c1ccc(COc2c(N)cc(F)cc2Br)cc1. The molecule has 0 amide bonds. The molecule has 4 nitrogen and oxygen atoms in total. The number of halogens is 2. The number of carbonyl (C=O) groups excluding carboxylic acids is 1. The van der Waals surface area contributed by atoms with Crippen molar-refractivity contribution < 1.29 is 18.7 Å². The Morgan fingerprint density at radius 1 is 1.29 bits per heavy atom. The number of anilines is 1. The number of carbonyl (C=O) groups is 1. The Morgan fingerprint density at radius 3 is 2.52 bits per heavy atom. The number of nitrogens with two attached hydrogens (primary N) is 1. The van der Waals surface area contributed by atoms with E-state index in [4.69, 9.17) is 10.5 Å². The fraction of sp³-hybridized carbons (Fsp3) is 0.133. The zero-order valence-corrected chi connectivity index (χ0v) is 12.8. The Bertz CT molecular complexity index is 635. The van der Waals surface area contributed by atoms with E-state index in [9.17, 15) is 9.18 Å². The van der Waals surface area contributed by atoms with Gasteiger partial charge in [-0.2, -0.15) is 0 Å². The largest absolute Gasteiger partial charge is 0.486 e. The van der Waals surface area contributed by atoms with Crippen molar-refractivity contribution in [2.75, 3.05) is 12.8 Å². The van der Waals surface area contributed by atoms with E-state index in [0.29, 0.717) is 15.8 Å². The zero-order valence-electron chi connectivity index (χ0n) is 11.2. The third kappa shape index (κ3) is 3.72. The molecule has 0 saturated carbocycles. The molecule has 0 atom stereocenters. The van der Waals surface area contributed by atoms with E-state index >= 15 is 0 Å². The molecule has 0 aliphatic rings. The van der Waals surface area contributed by atoms with Gasteiger partial charge in [0.25, 0.3) is 0 Å². The van der Waals surface area contributed by atoms with Crippen LogP contribution in [0.1, 0.15) is 15.9 Å². The Kier molecular flexibility index (Phi) is 4.80. The molecule has 0 aromatic heterocycles. The number of hydrogen-bond donors (Lipinski definition) is 1. The van der Waals surface area contributed by atoms with Crippen molar-refractivity contribution in [3.63, 3.8) is 0 Å². The summed E-state index contributed by atoms with van der Waals surface area (Å²) in [6, 6.07) is 9.27. The summed E-state index contributed by atoms with van der Waals surface area (Å²) in [7, 11) is 1.33. The van der Waals surface area contributed by atoms with Crippen LogP contribution in [0.15, 0.2) is 40.9 Å². The maximum atomic E-state index is 13.1. The molecule has 2 N–H and O–H groups in total. The molecule has 2 aromatic rings. The number of benzene rings is 2. The molecular weight excluding hydrogens is 341 g/mol. The van der Waals surface area contributed by atoms with Gasteiger partial charge in [0.2, 0.25) is 0 Å². The first-order valence-electron chi connectivity index (χ1n) is 6.06. The van der Waals surface area contributed by atoms with Gasteiger partial charge in [-0.1, -0.05) is 12.1 Å². The van der Waals surface area contributed by atoms with Crippen LogP contribution >= 0.6 is 15.9 Å². The van der Waals surface area contributed by atoms with E-state index in [1.807, 2.05) is 0 Å². The molecule has 0 aliphatic heterocycles. The lowest BCUT2D eigenvalue weighted by atomic mass is 10.1. The quantitative estimate of drug-likeness (QED) is 0.674. The molecule has 2 aromatic carbocycles. The van der Waals surface area contributed by atoms with Gasteiger partial charge in [-0.3, -0.25) is 0 Å². The second-order valence-corrected chi connectivity index (χ2v) is 5.14. The lowest BCUT2D eigenvalue weighted by Gasteiger charge is -2.11. The van der Waals surface area contributed by atoms with E-state index in [0.717, 1.165) is 5.56 Å². The number of nitrogen functional groups attached to an aromatic ring is 1. The van der Waals surface area contributed by atoms with Crippen LogP contribution in [0.4, 0.5) is 10.1 Å². The Morgan fingerprint density at radius 2 is 1.95 bits per heavy atom. The summed E-state index contributed by atoms with van der Waals surface area (Å²) in [5.41, 5.74) is 7.24. The monoisotopic (exact) mass is 353 g/mol. The van der Waals surface area contributed by atoms with Crippen molar-refractivity contribution in [2.24, 2.45) is 0 Å². The predicted octanol–water partition coefficient (Wildman–Crippen LogP) is 3.54. The second-order valence-electron chi connectivity index (χ2n) is 4.28. The molecule has 0 heterocycles. The number of rotatable bonds is 4. The summed E-state index contributed by atoms with van der Waals surface area (Å²) in [6.07, 6.45) is 0. The first kappa shape index (κ1) is 15.3. The van der Waals surface area contributed by atoms with Crippen LogP contribution in [-0.4, -0.2) is 13.1 Å². The van der Waals surface area contributed by atoms with Gasteiger partial charge in [-0.05, 0) is 39.7 Å². The lowest BCUT2D eigenvalue weighted by molar-refractivity contribution is 0.0600. The van der Waals surface area contributed by atoms with Crippen molar-refractivity contribution in [1.29, 1.82) is 0 Å². The highest BCUT2D eigenvalue weighted by Gasteiger charge is 2.09. The summed E-state index contributed by atoms with van der Waals surface area (Å²) < 4.78 is 23.8. The van der Waals surface area contributed by atoms with Crippen LogP contribution in [0.3, 0.4) is 0 Å². The number of esters is 1. The molecule has 0 bridgehead atoms. The molecule has 0 saturated heterocycles. The summed E-state index contributed by atoms with van der Waals surface area (Å²) in [5.74, 6) is -0.449. The molecule has 0 spiro atoms. The fourth-order valence-electron chi connectivity index (χ4n) is 1.74.